The molecule has 0 saturated carbocycles. The molecule has 0 unspecified atom stereocenters. The molecular formula is C9H15N3O2. The molecular weight excluding hydrogens is 182 g/mol. The van der Waals surface area contributed by atoms with E-state index in [1.165, 1.54) is 0 Å². The summed E-state index contributed by atoms with van der Waals surface area (Å²) in [4.78, 5) is 13.7. The van der Waals surface area contributed by atoms with Gasteiger partial charge in [0.1, 0.15) is 5.69 Å². The number of nitrogens with two attached hydrogens (primary N) is 2. The second-order valence-corrected chi connectivity index (χ2v) is 2.50. The van der Waals surface area contributed by atoms with Gasteiger partial charge < -0.3 is 16.6 Å². The predicted octanol–water partition coefficient (Wildman–Crippen LogP) is -0.841. The molecule has 5 nitrogen and oxygen atoms in total. The summed E-state index contributed by atoms with van der Waals surface area (Å²) in [6, 6.07) is 5.21. The van der Waals surface area contributed by atoms with E-state index >= 15 is 0 Å². The predicted molar refractivity (Wildman–Crippen MR) is 53.7 cm³/mol. The van der Waals surface area contributed by atoms with Gasteiger partial charge in [0.2, 0.25) is 0 Å². The Labute approximate surface area is 82.8 Å². The molecule has 0 bridgehead atoms. The topological polar surface area (TPSA) is 102 Å². The van der Waals surface area contributed by atoms with Gasteiger partial charge in [0.15, 0.2) is 6.29 Å². The van der Waals surface area contributed by atoms with Crippen LogP contribution in [0.15, 0.2) is 24.4 Å². The van der Waals surface area contributed by atoms with E-state index in [4.69, 9.17) is 16.6 Å². The molecule has 0 radical (unpaired) electrons. The molecule has 1 aromatic rings. The summed E-state index contributed by atoms with van der Waals surface area (Å²) in [5, 5.41) is 8.42. The van der Waals surface area contributed by atoms with Crippen molar-refractivity contribution in [1.29, 1.82) is 0 Å². The van der Waals surface area contributed by atoms with E-state index in [2.05, 4.69) is 4.98 Å². The van der Waals surface area contributed by atoms with Crippen molar-refractivity contribution in [1.82, 2.24) is 4.98 Å². The lowest BCUT2D eigenvalue weighted by atomic mass is 10.4. The van der Waals surface area contributed by atoms with E-state index in [0.717, 1.165) is 6.29 Å². The van der Waals surface area contributed by atoms with E-state index in [0.29, 0.717) is 5.69 Å². The summed E-state index contributed by atoms with van der Waals surface area (Å²) >= 11 is 0. The highest BCUT2D eigenvalue weighted by atomic mass is 16.3. The zero-order valence-electron chi connectivity index (χ0n) is 7.84. The molecule has 0 aliphatic carbocycles. The molecule has 0 amide bonds. The quantitative estimate of drug-likeness (QED) is 0.548. The standard InChI is InChI=1S/C6H5NO.C3H10N2O/c8-5-6-3-1-2-4-7-6;4-1-3(6)2-5/h1-5H;3,6H,1-2,4-5H2. The van der Waals surface area contributed by atoms with Crippen molar-refractivity contribution in [2.45, 2.75) is 6.10 Å². The van der Waals surface area contributed by atoms with Crippen molar-refractivity contribution in [3.63, 3.8) is 0 Å². The highest BCUT2D eigenvalue weighted by Gasteiger charge is 1.91. The first-order valence-electron chi connectivity index (χ1n) is 4.19. The molecule has 5 heteroatoms. The lowest BCUT2D eigenvalue weighted by Gasteiger charge is -1.98. The Balaban J connectivity index is 0.000000255. The fraction of sp³-hybridized carbons (Fsp3) is 0.333. The first-order chi connectivity index (χ1) is 6.74. The lowest BCUT2D eigenvalue weighted by molar-refractivity contribution is 0.111. The maximum atomic E-state index is 9.94. The largest absolute Gasteiger partial charge is 0.390 e. The molecule has 1 heterocycles. The second-order valence-electron chi connectivity index (χ2n) is 2.50. The number of aliphatic hydroxyl groups is 1. The van der Waals surface area contributed by atoms with Crippen molar-refractivity contribution >= 4 is 6.29 Å². The lowest BCUT2D eigenvalue weighted by Crippen LogP contribution is -2.27. The Morgan fingerprint density at radius 1 is 1.43 bits per heavy atom. The minimum atomic E-state index is -0.509. The Kier molecular flexibility index (Phi) is 7.53. The van der Waals surface area contributed by atoms with Crippen LogP contribution in [0.3, 0.4) is 0 Å². The number of rotatable bonds is 3. The van der Waals surface area contributed by atoms with Gasteiger partial charge in [0, 0.05) is 19.3 Å². The van der Waals surface area contributed by atoms with Crippen LogP contribution >= 0.6 is 0 Å². The Morgan fingerprint density at radius 3 is 2.29 bits per heavy atom. The Hall–Kier alpha value is -1.30. The molecule has 0 atom stereocenters. The average Bonchev–Trinajstić information content (AvgIpc) is 2.30. The van der Waals surface area contributed by atoms with Gasteiger partial charge in [-0.05, 0) is 12.1 Å². The van der Waals surface area contributed by atoms with Gasteiger partial charge in [-0.3, -0.25) is 9.78 Å². The summed E-state index contributed by atoms with van der Waals surface area (Å²) in [5.74, 6) is 0. The van der Waals surface area contributed by atoms with Gasteiger partial charge in [-0.1, -0.05) is 6.07 Å². The van der Waals surface area contributed by atoms with Crippen LogP contribution < -0.4 is 11.5 Å². The van der Waals surface area contributed by atoms with Gasteiger partial charge in [-0.15, -0.1) is 0 Å². The maximum absolute atomic E-state index is 9.94. The molecule has 0 saturated heterocycles. The van der Waals surface area contributed by atoms with Crippen molar-refractivity contribution in [3.05, 3.63) is 30.1 Å². The Morgan fingerprint density at radius 2 is 2.07 bits per heavy atom. The third-order valence-corrected chi connectivity index (χ3v) is 1.35. The zero-order valence-corrected chi connectivity index (χ0v) is 7.84. The van der Waals surface area contributed by atoms with Gasteiger partial charge in [-0.2, -0.15) is 0 Å². The van der Waals surface area contributed by atoms with E-state index < -0.39 is 6.10 Å². The van der Waals surface area contributed by atoms with E-state index in [1.807, 2.05) is 0 Å². The number of aromatic nitrogens is 1. The number of carbonyl (C=O) groups is 1. The number of hydrogen-bond acceptors (Lipinski definition) is 5. The molecule has 1 rings (SSSR count). The zero-order chi connectivity index (χ0) is 10.8. The molecule has 0 spiro atoms. The van der Waals surface area contributed by atoms with E-state index in [1.54, 1.807) is 24.4 Å². The minimum absolute atomic E-state index is 0.260. The second kappa shape index (κ2) is 8.31. The molecule has 0 aliphatic rings. The fourth-order valence-electron chi connectivity index (χ4n) is 0.542. The number of aliphatic hydroxyl groups excluding tert-OH is 1. The van der Waals surface area contributed by atoms with Crippen LogP contribution in [0.2, 0.25) is 0 Å². The molecule has 5 N–H and O–H groups in total. The van der Waals surface area contributed by atoms with Crippen molar-refractivity contribution < 1.29 is 9.90 Å². The number of pyridine rings is 1. The number of aldehydes is 1. The third kappa shape index (κ3) is 6.24. The minimum Gasteiger partial charge on any atom is -0.390 e. The summed E-state index contributed by atoms with van der Waals surface area (Å²) in [7, 11) is 0. The van der Waals surface area contributed by atoms with Crippen LogP contribution in [0, 0.1) is 0 Å². The number of hydrogen-bond donors (Lipinski definition) is 3. The molecule has 1 aromatic heterocycles. The smallest absolute Gasteiger partial charge is 0.168 e. The summed E-state index contributed by atoms with van der Waals surface area (Å²) in [6.45, 7) is 0.521. The molecule has 0 aromatic carbocycles. The summed E-state index contributed by atoms with van der Waals surface area (Å²) in [5.41, 5.74) is 10.4. The van der Waals surface area contributed by atoms with Crippen molar-refractivity contribution in [2.75, 3.05) is 13.1 Å². The first-order valence-corrected chi connectivity index (χ1v) is 4.19. The average molecular weight is 197 g/mol. The van der Waals surface area contributed by atoms with Crippen LogP contribution in [0.5, 0.6) is 0 Å². The van der Waals surface area contributed by atoms with Gasteiger partial charge in [0.25, 0.3) is 0 Å². The van der Waals surface area contributed by atoms with Crippen LogP contribution in [0.25, 0.3) is 0 Å². The third-order valence-electron chi connectivity index (χ3n) is 1.35. The van der Waals surface area contributed by atoms with Crippen molar-refractivity contribution in [3.8, 4) is 0 Å². The first kappa shape index (κ1) is 12.7. The fourth-order valence-corrected chi connectivity index (χ4v) is 0.542. The van der Waals surface area contributed by atoms with Crippen LogP contribution in [-0.2, 0) is 0 Å². The SMILES string of the molecule is NCC(O)CN.O=Cc1ccccn1. The van der Waals surface area contributed by atoms with Gasteiger partial charge >= 0.3 is 0 Å². The van der Waals surface area contributed by atoms with E-state index in [-0.39, 0.29) is 13.1 Å². The number of nitrogens with zero attached hydrogens (tertiary/aromatic N) is 1. The maximum Gasteiger partial charge on any atom is 0.168 e. The van der Waals surface area contributed by atoms with Gasteiger partial charge in [-0.25, -0.2) is 0 Å². The molecule has 78 valence electrons. The van der Waals surface area contributed by atoms with Crippen LogP contribution in [0.1, 0.15) is 10.5 Å². The molecule has 14 heavy (non-hydrogen) atoms. The normalized spacial score (nSPS) is 9.14. The summed E-state index contributed by atoms with van der Waals surface area (Å²) < 4.78 is 0. The summed E-state index contributed by atoms with van der Waals surface area (Å²) in [6.07, 6.45) is 1.80. The van der Waals surface area contributed by atoms with Gasteiger partial charge in [0.05, 0.1) is 6.10 Å². The Bertz CT molecular complexity index is 237. The van der Waals surface area contributed by atoms with E-state index in [9.17, 15) is 4.79 Å². The highest BCUT2D eigenvalue weighted by Crippen LogP contribution is 1.85. The van der Waals surface area contributed by atoms with Crippen LogP contribution in [0.4, 0.5) is 0 Å². The van der Waals surface area contributed by atoms with Crippen molar-refractivity contribution in [2.24, 2.45) is 11.5 Å². The highest BCUT2D eigenvalue weighted by molar-refractivity contribution is 5.71. The number of carbonyl (C=O) groups excluding carboxylic acids is 1. The van der Waals surface area contributed by atoms with Crippen LogP contribution in [-0.4, -0.2) is 35.6 Å². The molecule has 0 aliphatic heterocycles. The monoisotopic (exact) mass is 197 g/mol. The molecule has 0 fully saturated rings.